The van der Waals surface area contributed by atoms with Crippen molar-refractivity contribution in [1.82, 2.24) is 10.3 Å². The van der Waals surface area contributed by atoms with Gasteiger partial charge in [0.1, 0.15) is 17.2 Å². The van der Waals surface area contributed by atoms with E-state index >= 15 is 0 Å². The molecule has 0 unspecified atom stereocenters. The van der Waals surface area contributed by atoms with Crippen molar-refractivity contribution >= 4 is 11.7 Å². The number of nitrogens with one attached hydrogen (secondary N) is 2. The van der Waals surface area contributed by atoms with Gasteiger partial charge in [-0.05, 0) is 31.5 Å². The summed E-state index contributed by atoms with van der Waals surface area (Å²) in [5.74, 6) is 1.31. The molecule has 0 aliphatic rings. The second kappa shape index (κ2) is 6.10. The lowest BCUT2D eigenvalue weighted by atomic mass is 10.2. The zero-order valence-electron chi connectivity index (χ0n) is 11.7. The van der Waals surface area contributed by atoms with E-state index in [0.717, 1.165) is 5.56 Å². The molecule has 20 heavy (non-hydrogen) atoms. The molecule has 0 fully saturated rings. The monoisotopic (exact) mass is 275 g/mol. The average molecular weight is 275 g/mol. The molecule has 2 rings (SSSR count). The highest BCUT2D eigenvalue weighted by molar-refractivity contribution is 5.91. The van der Waals surface area contributed by atoms with Gasteiger partial charge in [0.05, 0.1) is 19.3 Å². The van der Waals surface area contributed by atoms with E-state index in [-0.39, 0.29) is 6.03 Å². The first-order chi connectivity index (χ1) is 9.60. The summed E-state index contributed by atoms with van der Waals surface area (Å²) in [6.45, 7) is 4.05. The van der Waals surface area contributed by atoms with Gasteiger partial charge in [-0.2, -0.15) is 0 Å². The number of methoxy groups -OCH3 is 1. The molecule has 2 N–H and O–H groups in total. The second-order valence-electron chi connectivity index (χ2n) is 4.37. The van der Waals surface area contributed by atoms with Crippen molar-refractivity contribution in [3.63, 3.8) is 0 Å². The van der Waals surface area contributed by atoms with E-state index in [0.29, 0.717) is 29.4 Å². The van der Waals surface area contributed by atoms with Gasteiger partial charge in [0.15, 0.2) is 6.39 Å². The van der Waals surface area contributed by atoms with E-state index in [2.05, 4.69) is 15.6 Å². The van der Waals surface area contributed by atoms with Crippen LogP contribution in [0, 0.1) is 13.8 Å². The Labute approximate surface area is 117 Å². The second-order valence-corrected chi connectivity index (χ2v) is 4.37. The molecule has 106 valence electrons. The Morgan fingerprint density at radius 2 is 2.20 bits per heavy atom. The largest absolute Gasteiger partial charge is 0.495 e. The van der Waals surface area contributed by atoms with Gasteiger partial charge in [-0.3, -0.25) is 0 Å². The van der Waals surface area contributed by atoms with Gasteiger partial charge in [-0.1, -0.05) is 6.07 Å². The van der Waals surface area contributed by atoms with Gasteiger partial charge >= 0.3 is 6.03 Å². The maximum Gasteiger partial charge on any atom is 0.319 e. The number of hydrogen-bond donors (Lipinski definition) is 2. The Morgan fingerprint density at radius 3 is 2.85 bits per heavy atom. The third-order valence-electron chi connectivity index (χ3n) is 2.86. The predicted molar refractivity (Wildman–Crippen MR) is 74.8 cm³/mol. The molecule has 1 aromatic heterocycles. The lowest BCUT2D eigenvalue weighted by Crippen LogP contribution is -2.28. The van der Waals surface area contributed by atoms with Crippen LogP contribution in [0.1, 0.15) is 17.0 Å². The highest BCUT2D eigenvalue weighted by Gasteiger charge is 2.09. The molecule has 0 spiro atoms. The number of anilines is 1. The first-order valence-corrected chi connectivity index (χ1v) is 6.18. The molecule has 1 aromatic carbocycles. The van der Waals surface area contributed by atoms with E-state index in [4.69, 9.17) is 9.15 Å². The molecule has 0 atom stereocenters. The number of oxazole rings is 1. The summed E-state index contributed by atoms with van der Waals surface area (Å²) in [6, 6.07) is 5.25. The van der Waals surface area contributed by atoms with Crippen molar-refractivity contribution in [3.05, 3.63) is 41.6 Å². The van der Waals surface area contributed by atoms with Crippen LogP contribution >= 0.6 is 0 Å². The summed E-state index contributed by atoms with van der Waals surface area (Å²) < 4.78 is 10.3. The molecule has 0 bridgehead atoms. The molecule has 0 saturated heterocycles. The van der Waals surface area contributed by atoms with Gasteiger partial charge in [0.25, 0.3) is 0 Å². The van der Waals surface area contributed by atoms with Crippen molar-refractivity contribution in [2.45, 2.75) is 20.4 Å². The molecule has 2 amide bonds. The number of nitrogens with zero attached hydrogens (tertiary/aromatic N) is 1. The van der Waals surface area contributed by atoms with Crippen molar-refractivity contribution in [3.8, 4) is 5.75 Å². The van der Waals surface area contributed by atoms with E-state index in [1.807, 2.05) is 25.1 Å². The molecule has 6 nitrogen and oxygen atoms in total. The minimum absolute atomic E-state index is 0.308. The summed E-state index contributed by atoms with van der Waals surface area (Å²) >= 11 is 0. The molecule has 0 radical (unpaired) electrons. The number of aromatic nitrogens is 1. The van der Waals surface area contributed by atoms with Crippen LogP contribution < -0.4 is 15.4 Å². The minimum Gasteiger partial charge on any atom is -0.495 e. The highest BCUT2D eigenvalue weighted by Crippen LogP contribution is 2.24. The fourth-order valence-electron chi connectivity index (χ4n) is 1.75. The molecular weight excluding hydrogens is 258 g/mol. The molecule has 1 heterocycles. The summed E-state index contributed by atoms with van der Waals surface area (Å²) in [5, 5.41) is 5.47. The predicted octanol–water partition coefficient (Wildman–Crippen LogP) is 2.62. The van der Waals surface area contributed by atoms with Crippen LogP contribution in [-0.4, -0.2) is 18.1 Å². The van der Waals surface area contributed by atoms with Crippen LogP contribution in [0.3, 0.4) is 0 Å². The minimum atomic E-state index is -0.323. The average Bonchev–Trinajstić information content (AvgIpc) is 2.82. The SMILES string of the molecule is COc1ccc(C)cc1NC(=O)NCc1ncoc1C. The third-order valence-corrected chi connectivity index (χ3v) is 2.86. The van der Waals surface area contributed by atoms with Gasteiger partial charge in [-0.25, -0.2) is 9.78 Å². The zero-order valence-corrected chi connectivity index (χ0v) is 11.7. The van der Waals surface area contributed by atoms with Crippen LogP contribution in [0.4, 0.5) is 10.5 Å². The van der Waals surface area contributed by atoms with Crippen molar-refractivity contribution < 1.29 is 13.9 Å². The molecule has 0 aliphatic carbocycles. The van der Waals surface area contributed by atoms with Crippen molar-refractivity contribution in [2.75, 3.05) is 12.4 Å². The Bertz CT molecular complexity index is 607. The third kappa shape index (κ3) is 3.28. The standard InChI is InChI=1S/C14H17N3O3/c1-9-4-5-13(19-3)11(6-9)17-14(18)15-7-12-10(2)20-8-16-12/h4-6,8H,7H2,1-3H3,(H2,15,17,18). The van der Waals surface area contributed by atoms with E-state index < -0.39 is 0 Å². The van der Waals surface area contributed by atoms with Gasteiger partial charge < -0.3 is 19.8 Å². The number of amides is 2. The maximum absolute atomic E-state index is 11.9. The maximum atomic E-state index is 11.9. The summed E-state index contributed by atoms with van der Waals surface area (Å²) in [5.41, 5.74) is 2.37. The number of ether oxygens (including phenoxy) is 1. The van der Waals surface area contributed by atoms with Crippen molar-refractivity contribution in [1.29, 1.82) is 0 Å². The number of carbonyl (C=O) groups excluding carboxylic acids is 1. The van der Waals surface area contributed by atoms with Crippen LogP contribution in [0.15, 0.2) is 29.0 Å². The fraction of sp³-hybridized carbons (Fsp3) is 0.286. The van der Waals surface area contributed by atoms with Gasteiger partial charge in [-0.15, -0.1) is 0 Å². The Balaban J connectivity index is 1.98. The zero-order chi connectivity index (χ0) is 14.5. The Hall–Kier alpha value is -2.50. The number of hydrogen-bond acceptors (Lipinski definition) is 4. The van der Waals surface area contributed by atoms with Crippen molar-refractivity contribution in [2.24, 2.45) is 0 Å². The van der Waals surface area contributed by atoms with Crippen LogP contribution in [0.25, 0.3) is 0 Å². The van der Waals surface area contributed by atoms with E-state index in [1.165, 1.54) is 6.39 Å². The Kier molecular flexibility index (Phi) is 4.24. The Morgan fingerprint density at radius 1 is 1.40 bits per heavy atom. The van der Waals surface area contributed by atoms with E-state index in [1.54, 1.807) is 14.0 Å². The number of urea groups is 1. The number of carbonyl (C=O) groups is 1. The summed E-state index contributed by atoms with van der Waals surface area (Å²) in [4.78, 5) is 15.9. The van der Waals surface area contributed by atoms with Gasteiger partial charge in [0, 0.05) is 0 Å². The lowest BCUT2D eigenvalue weighted by Gasteiger charge is -2.11. The summed E-state index contributed by atoms with van der Waals surface area (Å²) in [7, 11) is 1.56. The molecule has 2 aromatic rings. The fourth-order valence-corrected chi connectivity index (χ4v) is 1.75. The number of benzene rings is 1. The van der Waals surface area contributed by atoms with Crippen LogP contribution in [-0.2, 0) is 6.54 Å². The lowest BCUT2D eigenvalue weighted by molar-refractivity contribution is 0.251. The van der Waals surface area contributed by atoms with Gasteiger partial charge in [0.2, 0.25) is 0 Å². The van der Waals surface area contributed by atoms with E-state index in [9.17, 15) is 4.79 Å². The number of rotatable bonds is 4. The topological polar surface area (TPSA) is 76.4 Å². The smallest absolute Gasteiger partial charge is 0.319 e. The molecule has 0 aliphatic heterocycles. The van der Waals surface area contributed by atoms with Crippen LogP contribution in [0.5, 0.6) is 5.75 Å². The highest BCUT2D eigenvalue weighted by atomic mass is 16.5. The number of aryl methyl sites for hydroxylation is 2. The first kappa shape index (κ1) is 13.9. The van der Waals surface area contributed by atoms with Crippen LogP contribution in [0.2, 0.25) is 0 Å². The molecular formula is C14H17N3O3. The normalized spacial score (nSPS) is 10.2. The molecule has 6 heteroatoms. The quantitative estimate of drug-likeness (QED) is 0.899. The molecule has 0 saturated carbocycles. The first-order valence-electron chi connectivity index (χ1n) is 6.18. The summed E-state index contributed by atoms with van der Waals surface area (Å²) in [6.07, 6.45) is 1.35.